The van der Waals surface area contributed by atoms with Crippen LogP contribution in [0.4, 0.5) is 5.69 Å². The zero-order chi connectivity index (χ0) is 25.3. The average molecular weight is 536 g/mol. The first kappa shape index (κ1) is 24.5. The molecule has 1 N–H and O–H groups in total. The molecule has 3 aromatic rings. The molecule has 1 aliphatic heterocycles. The van der Waals surface area contributed by atoms with Crippen molar-refractivity contribution in [2.24, 2.45) is 0 Å². The van der Waals surface area contributed by atoms with E-state index in [1.165, 1.54) is 4.90 Å². The van der Waals surface area contributed by atoms with Crippen molar-refractivity contribution in [1.82, 2.24) is 0 Å². The van der Waals surface area contributed by atoms with Gasteiger partial charge in [-0.1, -0.05) is 34.1 Å². The fourth-order valence-corrected chi connectivity index (χ4v) is 4.35. The van der Waals surface area contributed by atoms with Crippen LogP contribution in [0, 0.1) is 6.92 Å². The largest absolute Gasteiger partial charge is 0.507 e. The smallest absolute Gasteiger partial charge is 0.300 e. The maximum Gasteiger partial charge on any atom is 0.300 e. The van der Waals surface area contributed by atoms with E-state index < -0.39 is 17.7 Å². The van der Waals surface area contributed by atoms with Gasteiger partial charge in [0.2, 0.25) is 0 Å². The van der Waals surface area contributed by atoms with Gasteiger partial charge in [0, 0.05) is 15.7 Å². The van der Waals surface area contributed by atoms with Crippen LogP contribution in [0.5, 0.6) is 11.5 Å². The number of benzene rings is 3. The van der Waals surface area contributed by atoms with Crippen molar-refractivity contribution >= 4 is 39.1 Å². The number of hydrogen-bond acceptors (Lipinski definition) is 5. The van der Waals surface area contributed by atoms with E-state index in [9.17, 15) is 14.7 Å². The van der Waals surface area contributed by atoms with E-state index in [1.54, 1.807) is 73.8 Å². The van der Waals surface area contributed by atoms with Crippen LogP contribution in [0.2, 0.25) is 0 Å². The van der Waals surface area contributed by atoms with Crippen molar-refractivity contribution in [2.75, 3.05) is 12.0 Å². The lowest BCUT2D eigenvalue weighted by atomic mass is 9.94. The number of aryl methyl sites for hydroxylation is 1. The number of ether oxygens (including phenoxy) is 2. The number of halogens is 1. The van der Waals surface area contributed by atoms with E-state index in [2.05, 4.69) is 15.9 Å². The number of hydrogen-bond donors (Lipinski definition) is 1. The number of aliphatic hydroxyl groups excluding tert-OH is 1. The van der Waals surface area contributed by atoms with E-state index in [0.717, 1.165) is 10.0 Å². The lowest BCUT2D eigenvalue weighted by Crippen LogP contribution is -2.29. The minimum absolute atomic E-state index is 0.00347. The summed E-state index contributed by atoms with van der Waals surface area (Å²) < 4.78 is 11.9. The maximum absolute atomic E-state index is 13.3. The molecule has 180 valence electrons. The Morgan fingerprint density at radius 2 is 1.60 bits per heavy atom. The Labute approximate surface area is 212 Å². The first-order valence-electron chi connectivity index (χ1n) is 11.2. The monoisotopic (exact) mass is 535 g/mol. The molecule has 0 radical (unpaired) electrons. The summed E-state index contributed by atoms with van der Waals surface area (Å²) in [6.07, 6.45) is 0.00347. The SMILES string of the molecule is COc1ccc(C2/C(=C(/O)c3ccc(Br)c(C)c3)C(=O)C(=O)N2c2ccc(OC(C)C)cc2)cc1. The van der Waals surface area contributed by atoms with Crippen molar-refractivity contribution in [3.63, 3.8) is 0 Å². The second kappa shape index (κ2) is 9.96. The predicted molar refractivity (Wildman–Crippen MR) is 139 cm³/mol. The molecule has 0 aromatic heterocycles. The standard InChI is InChI=1S/C28H26BrNO5/c1-16(2)35-22-12-8-20(9-13-22)30-25(18-5-10-21(34-4)11-6-18)24(27(32)28(30)33)26(31)19-7-14-23(29)17(3)15-19/h5-16,25,31H,1-4H3/b26-24-. The molecule has 6 nitrogen and oxygen atoms in total. The minimum atomic E-state index is -0.818. The molecule has 0 bridgehead atoms. The van der Waals surface area contributed by atoms with Gasteiger partial charge in [-0.15, -0.1) is 0 Å². The number of carbonyl (C=O) groups excluding carboxylic acids is 2. The van der Waals surface area contributed by atoms with Crippen LogP contribution in [0.1, 0.15) is 36.6 Å². The van der Waals surface area contributed by atoms with Gasteiger partial charge in [0.1, 0.15) is 17.3 Å². The third-order valence-electron chi connectivity index (χ3n) is 5.79. The molecule has 1 amide bonds. The zero-order valence-electron chi connectivity index (χ0n) is 19.9. The molecule has 0 spiro atoms. The van der Waals surface area contributed by atoms with Gasteiger partial charge in [-0.3, -0.25) is 14.5 Å². The highest BCUT2D eigenvalue weighted by molar-refractivity contribution is 9.10. The van der Waals surface area contributed by atoms with Crippen LogP contribution in [-0.2, 0) is 9.59 Å². The third-order valence-corrected chi connectivity index (χ3v) is 6.68. The second-order valence-corrected chi connectivity index (χ2v) is 9.42. The Bertz CT molecular complexity index is 1300. The molecule has 1 heterocycles. The molecule has 1 saturated heterocycles. The van der Waals surface area contributed by atoms with E-state index in [-0.39, 0.29) is 17.4 Å². The number of carbonyl (C=O) groups is 2. The molecule has 4 rings (SSSR count). The van der Waals surface area contributed by atoms with Crippen molar-refractivity contribution in [3.8, 4) is 11.5 Å². The number of aliphatic hydroxyl groups is 1. The van der Waals surface area contributed by atoms with Gasteiger partial charge in [0.05, 0.1) is 24.8 Å². The molecule has 1 unspecified atom stereocenters. The summed E-state index contributed by atoms with van der Waals surface area (Å²) in [6, 6.07) is 18.6. The highest BCUT2D eigenvalue weighted by Gasteiger charge is 2.47. The number of amides is 1. The van der Waals surface area contributed by atoms with Crippen molar-refractivity contribution < 1.29 is 24.2 Å². The van der Waals surface area contributed by atoms with Crippen LogP contribution in [0.25, 0.3) is 5.76 Å². The van der Waals surface area contributed by atoms with Gasteiger partial charge in [-0.2, -0.15) is 0 Å². The van der Waals surface area contributed by atoms with Gasteiger partial charge < -0.3 is 14.6 Å². The highest BCUT2D eigenvalue weighted by Crippen LogP contribution is 2.43. The van der Waals surface area contributed by atoms with Crippen LogP contribution in [0.3, 0.4) is 0 Å². The maximum atomic E-state index is 13.3. The molecule has 7 heteroatoms. The third kappa shape index (κ3) is 4.82. The Morgan fingerprint density at radius 1 is 0.971 bits per heavy atom. The van der Waals surface area contributed by atoms with Crippen LogP contribution in [0.15, 0.2) is 76.8 Å². The number of nitrogens with zero attached hydrogens (tertiary/aromatic N) is 1. The summed E-state index contributed by atoms with van der Waals surface area (Å²) in [6.45, 7) is 5.75. The lowest BCUT2D eigenvalue weighted by molar-refractivity contribution is -0.132. The van der Waals surface area contributed by atoms with Crippen molar-refractivity contribution in [2.45, 2.75) is 32.9 Å². The Balaban J connectivity index is 1.87. The Morgan fingerprint density at radius 3 is 2.17 bits per heavy atom. The first-order chi connectivity index (χ1) is 16.7. The van der Waals surface area contributed by atoms with E-state index in [4.69, 9.17) is 9.47 Å². The average Bonchev–Trinajstić information content (AvgIpc) is 3.11. The summed E-state index contributed by atoms with van der Waals surface area (Å²) in [4.78, 5) is 28.0. The minimum Gasteiger partial charge on any atom is -0.507 e. The topological polar surface area (TPSA) is 76.1 Å². The molecule has 35 heavy (non-hydrogen) atoms. The van der Waals surface area contributed by atoms with Crippen molar-refractivity contribution in [1.29, 1.82) is 0 Å². The quantitative estimate of drug-likeness (QED) is 0.231. The number of rotatable bonds is 6. The van der Waals surface area contributed by atoms with Gasteiger partial charge in [-0.25, -0.2) is 0 Å². The summed E-state index contributed by atoms with van der Waals surface area (Å²) in [5.41, 5.74) is 2.58. The molecule has 0 saturated carbocycles. The molecule has 0 aliphatic carbocycles. The van der Waals surface area contributed by atoms with Crippen molar-refractivity contribution in [3.05, 3.63) is 93.5 Å². The van der Waals surface area contributed by atoms with Gasteiger partial charge in [0.15, 0.2) is 0 Å². The number of anilines is 1. The van der Waals surface area contributed by atoms with Crippen LogP contribution >= 0.6 is 15.9 Å². The summed E-state index contributed by atoms with van der Waals surface area (Å²) >= 11 is 3.46. The Hall–Kier alpha value is -3.58. The Kier molecular flexibility index (Phi) is 6.98. The first-order valence-corrected chi connectivity index (χ1v) is 12.0. The van der Waals surface area contributed by atoms with E-state index in [0.29, 0.717) is 28.3 Å². The lowest BCUT2D eigenvalue weighted by Gasteiger charge is -2.26. The predicted octanol–water partition coefficient (Wildman–Crippen LogP) is 6.18. The van der Waals surface area contributed by atoms with Crippen LogP contribution < -0.4 is 14.4 Å². The van der Waals surface area contributed by atoms with Gasteiger partial charge >= 0.3 is 0 Å². The molecular formula is C28H26BrNO5. The number of ketones is 1. The fourth-order valence-electron chi connectivity index (χ4n) is 4.11. The van der Waals surface area contributed by atoms with E-state index >= 15 is 0 Å². The zero-order valence-corrected chi connectivity index (χ0v) is 21.5. The molecule has 3 aromatic carbocycles. The van der Waals surface area contributed by atoms with E-state index in [1.807, 2.05) is 20.8 Å². The van der Waals surface area contributed by atoms with Gasteiger partial charge in [0.25, 0.3) is 11.7 Å². The molecule has 1 atom stereocenters. The van der Waals surface area contributed by atoms with Crippen LogP contribution in [-0.4, -0.2) is 30.0 Å². The molecule has 1 aliphatic rings. The number of methoxy groups -OCH3 is 1. The molecule has 1 fully saturated rings. The summed E-state index contributed by atoms with van der Waals surface area (Å²) in [5.74, 6) is -0.372. The van der Waals surface area contributed by atoms with Gasteiger partial charge in [-0.05, 0) is 80.4 Å². The molecular weight excluding hydrogens is 510 g/mol. The highest BCUT2D eigenvalue weighted by atomic mass is 79.9. The fraction of sp³-hybridized carbons (Fsp3) is 0.214. The second-order valence-electron chi connectivity index (χ2n) is 8.57. The summed E-state index contributed by atoms with van der Waals surface area (Å²) in [5, 5.41) is 11.3. The summed E-state index contributed by atoms with van der Waals surface area (Å²) in [7, 11) is 1.57. The normalized spacial score (nSPS) is 17.2. The number of Topliss-reactive ketones (excluding diaryl/α,β-unsaturated/α-hetero) is 1.